The van der Waals surface area contributed by atoms with Gasteiger partial charge in [0, 0.05) is 18.1 Å². The van der Waals surface area contributed by atoms with Crippen LogP contribution in [0.2, 0.25) is 0 Å². The van der Waals surface area contributed by atoms with Crippen molar-refractivity contribution < 1.29 is 25.2 Å². The van der Waals surface area contributed by atoms with E-state index in [1.165, 1.54) is 19.1 Å². The molecular formula is C16H16O5. The van der Waals surface area contributed by atoms with Crippen molar-refractivity contribution in [3.8, 4) is 23.0 Å². The van der Waals surface area contributed by atoms with Crippen LogP contribution in [0.5, 0.6) is 23.0 Å². The Morgan fingerprint density at radius 2 is 1.62 bits per heavy atom. The average Bonchev–Trinajstić information content (AvgIpc) is 2.44. The summed E-state index contributed by atoms with van der Waals surface area (Å²) in [6, 6.07) is 7.50. The maximum Gasteiger partial charge on any atom is 0.170 e. The summed E-state index contributed by atoms with van der Waals surface area (Å²) < 4.78 is 0. The van der Waals surface area contributed by atoms with Gasteiger partial charge in [-0.05, 0) is 31.0 Å². The second kappa shape index (κ2) is 5.75. The van der Waals surface area contributed by atoms with Gasteiger partial charge in [-0.3, -0.25) is 4.79 Å². The molecule has 110 valence electrons. The van der Waals surface area contributed by atoms with Crippen molar-refractivity contribution in [1.82, 2.24) is 0 Å². The third-order valence-electron chi connectivity index (χ3n) is 3.36. The third-order valence-corrected chi connectivity index (χ3v) is 3.36. The van der Waals surface area contributed by atoms with Gasteiger partial charge in [-0.2, -0.15) is 0 Å². The number of phenols is 4. The van der Waals surface area contributed by atoms with Crippen LogP contribution in [-0.2, 0) is 6.42 Å². The molecule has 0 unspecified atom stereocenters. The summed E-state index contributed by atoms with van der Waals surface area (Å²) in [5.41, 5.74) is 0.834. The first kappa shape index (κ1) is 14.7. The lowest BCUT2D eigenvalue weighted by molar-refractivity contribution is 0.0977. The smallest absolute Gasteiger partial charge is 0.170 e. The van der Waals surface area contributed by atoms with E-state index in [1.807, 2.05) is 0 Å². The number of aromatic hydroxyl groups is 4. The second-order valence-electron chi connectivity index (χ2n) is 4.85. The molecule has 0 bridgehead atoms. The van der Waals surface area contributed by atoms with Crippen molar-refractivity contribution in [3.05, 3.63) is 47.0 Å². The molecule has 5 heteroatoms. The maximum absolute atomic E-state index is 12.1. The zero-order valence-corrected chi connectivity index (χ0v) is 11.5. The minimum atomic E-state index is -0.439. The minimum absolute atomic E-state index is 0.0934. The summed E-state index contributed by atoms with van der Waals surface area (Å²) in [6.07, 6.45) is 0.508. The van der Waals surface area contributed by atoms with Crippen molar-refractivity contribution in [3.63, 3.8) is 0 Å². The van der Waals surface area contributed by atoms with E-state index < -0.39 is 17.3 Å². The van der Waals surface area contributed by atoms with Crippen molar-refractivity contribution in [2.45, 2.75) is 19.8 Å². The van der Waals surface area contributed by atoms with Gasteiger partial charge in [0.2, 0.25) is 0 Å². The molecule has 0 saturated heterocycles. The molecule has 2 aromatic rings. The number of Topliss-reactive ketones (excluding diaryl/α,β-unsaturated/α-hetero) is 1. The molecule has 0 aliphatic heterocycles. The van der Waals surface area contributed by atoms with Crippen LogP contribution in [0.4, 0.5) is 0 Å². The summed E-state index contributed by atoms with van der Waals surface area (Å²) in [6.45, 7) is 1.46. The number of phenolic OH excluding ortho intramolecular Hbond substituents is 4. The lowest BCUT2D eigenvalue weighted by Crippen LogP contribution is -2.03. The highest BCUT2D eigenvalue weighted by Gasteiger charge is 2.20. The number of carbonyl (C=O) groups excluding carboxylic acids is 1. The van der Waals surface area contributed by atoms with E-state index in [-0.39, 0.29) is 29.0 Å². The Morgan fingerprint density at radius 3 is 2.24 bits per heavy atom. The molecule has 0 spiro atoms. The van der Waals surface area contributed by atoms with Crippen molar-refractivity contribution in [2.75, 3.05) is 0 Å². The quantitative estimate of drug-likeness (QED) is 0.648. The predicted molar refractivity (Wildman–Crippen MR) is 76.9 cm³/mol. The van der Waals surface area contributed by atoms with E-state index in [0.29, 0.717) is 6.42 Å². The van der Waals surface area contributed by atoms with Gasteiger partial charge in [0.15, 0.2) is 5.78 Å². The lowest BCUT2D eigenvalue weighted by atomic mass is 9.99. The van der Waals surface area contributed by atoms with Crippen LogP contribution < -0.4 is 0 Å². The van der Waals surface area contributed by atoms with E-state index >= 15 is 0 Å². The fourth-order valence-corrected chi connectivity index (χ4v) is 2.06. The summed E-state index contributed by atoms with van der Waals surface area (Å²) >= 11 is 0. The molecule has 2 rings (SSSR count). The fraction of sp³-hybridized carbons (Fsp3) is 0.188. The molecule has 0 aromatic heterocycles. The first-order chi connectivity index (χ1) is 9.90. The fourth-order valence-electron chi connectivity index (χ4n) is 2.06. The molecule has 5 nitrogen and oxygen atoms in total. The minimum Gasteiger partial charge on any atom is -0.508 e. The van der Waals surface area contributed by atoms with E-state index in [4.69, 9.17) is 0 Å². The summed E-state index contributed by atoms with van der Waals surface area (Å²) in [4.78, 5) is 12.1. The van der Waals surface area contributed by atoms with Gasteiger partial charge >= 0.3 is 0 Å². The van der Waals surface area contributed by atoms with Crippen LogP contribution >= 0.6 is 0 Å². The Labute approximate surface area is 121 Å². The molecule has 0 aliphatic carbocycles. The molecule has 2 aromatic carbocycles. The van der Waals surface area contributed by atoms with Gasteiger partial charge in [0.1, 0.15) is 28.6 Å². The molecular weight excluding hydrogens is 272 g/mol. The van der Waals surface area contributed by atoms with Crippen LogP contribution in [0.25, 0.3) is 0 Å². The SMILES string of the molecule is Cc1c(O)cc(O)c(C(=O)CCc2ccc(O)cc2)c1O. The Morgan fingerprint density at radius 1 is 1.00 bits per heavy atom. The zero-order chi connectivity index (χ0) is 15.6. The summed E-state index contributed by atoms with van der Waals surface area (Å²) in [7, 11) is 0. The number of ketones is 1. The van der Waals surface area contributed by atoms with E-state index in [9.17, 15) is 25.2 Å². The van der Waals surface area contributed by atoms with E-state index in [2.05, 4.69) is 0 Å². The number of hydrogen-bond acceptors (Lipinski definition) is 5. The van der Waals surface area contributed by atoms with Crippen molar-refractivity contribution >= 4 is 5.78 Å². The zero-order valence-electron chi connectivity index (χ0n) is 11.5. The maximum atomic E-state index is 12.1. The lowest BCUT2D eigenvalue weighted by Gasteiger charge is -2.10. The summed E-state index contributed by atoms with van der Waals surface area (Å²) in [5.74, 6) is -1.37. The Bertz CT molecular complexity index is 674. The number of benzene rings is 2. The number of aryl methyl sites for hydroxylation is 1. The topological polar surface area (TPSA) is 98.0 Å². The second-order valence-corrected chi connectivity index (χ2v) is 4.85. The van der Waals surface area contributed by atoms with Crippen LogP contribution in [0.3, 0.4) is 0 Å². The molecule has 0 atom stereocenters. The van der Waals surface area contributed by atoms with Crippen LogP contribution in [-0.4, -0.2) is 26.2 Å². The Kier molecular flexibility index (Phi) is 4.03. The molecule has 4 N–H and O–H groups in total. The molecule has 0 amide bonds. The molecule has 0 aliphatic rings. The molecule has 0 radical (unpaired) electrons. The highest BCUT2D eigenvalue weighted by molar-refractivity contribution is 6.02. The van der Waals surface area contributed by atoms with Gasteiger partial charge in [-0.1, -0.05) is 12.1 Å². The first-order valence-electron chi connectivity index (χ1n) is 6.45. The standard InChI is InChI=1S/C16H16O5/c1-9-13(19)8-14(20)15(16(9)21)12(18)7-4-10-2-5-11(17)6-3-10/h2-3,5-6,8,17,19-21H,4,7H2,1H3. The predicted octanol–water partition coefficient (Wildman–Crippen LogP) is 2.63. The van der Waals surface area contributed by atoms with Gasteiger partial charge in [0.25, 0.3) is 0 Å². The van der Waals surface area contributed by atoms with E-state index in [1.54, 1.807) is 12.1 Å². The van der Waals surface area contributed by atoms with Crippen LogP contribution in [0, 0.1) is 6.92 Å². The average molecular weight is 288 g/mol. The monoisotopic (exact) mass is 288 g/mol. The van der Waals surface area contributed by atoms with Crippen molar-refractivity contribution in [1.29, 1.82) is 0 Å². The third kappa shape index (κ3) is 3.08. The van der Waals surface area contributed by atoms with Gasteiger partial charge < -0.3 is 20.4 Å². The van der Waals surface area contributed by atoms with Crippen molar-refractivity contribution in [2.24, 2.45) is 0 Å². The van der Waals surface area contributed by atoms with Crippen LogP contribution in [0.1, 0.15) is 27.9 Å². The molecule has 0 heterocycles. The highest BCUT2D eigenvalue weighted by Crippen LogP contribution is 2.37. The highest BCUT2D eigenvalue weighted by atomic mass is 16.3. The van der Waals surface area contributed by atoms with Gasteiger partial charge in [0.05, 0.1) is 0 Å². The van der Waals surface area contributed by atoms with Gasteiger partial charge in [-0.15, -0.1) is 0 Å². The summed E-state index contributed by atoms with van der Waals surface area (Å²) in [5, 5.41) is 38.3. The molecule has 0 fully saturated rings. The van der Waals surface area contributed by atoms with Gasteiger partial charge in [-0.25, -0.2) is 0 Å². The molecule has 21 heavy (non-hydrogen) atoms. The number of hydrogen-bond donors (Lipinski definition) is 4. The Balaban J connectivity index is 2.18. The Hall–Kier alpha value is -2.69. The first-order valence-corrected chi connectivity index (χ1v) is 6.45. The largest absolute Gasteiger partial charge is 0.508 e. The normalized spacial score (nSPS) is 10.5. The van der Waals surface area contributed by atoms with Crippen LogP contribution in [0.15, 0.2) is 30.3 Å². The molecule has 0 saturated carbocycles. The number of carbonyl (C=O) groups is 1. The number of rotatable bonds is 4. The van der Waals surface area contributed by atoms with E-state index in [0.717, 1.165) is 11.6 Å².